The number of hydrogen-bond donors (Lipinski definition) is 3. The van der Waals surface area contributed by atoms with Crippen LogP contribution in [0.1, 0.15) is 78.1 Å². The minimum absolute atomic E-state index is 0. The molecule has 0 saturated heterocycles. The maximum atomic E-state index is 7.57. The fourth-order valence-electron chi connectivity index (χ4n) is 1.56. The average Bonchev–Trinajstić information content (AvgIpc) is 2.39. The molecule has 0 aliphatic heterocycles. The number of aliphatic hydroxyl groups is 2. The van der Waals surface area contributed by atoms with Crippen molar-refractivity contribution in [3.05, 3.63) is 6.92 Å². The molecule has 0 aromatic rings. The van der Waals surface area contributed by atoms with Crippen LogP contribution < -0.4 is 5.73 Å². The summed E-state index contributed by atoms with van der Waals surface area (Å²) in [7, 11) is 0. The third-order valence-electron chi connectivity index (χ3n) is 2.45. The van der Waals surface area contributed by atoms with Gasteiger partial charge in [-0.15, -0.1) is 0 Å². The summed E-state index contributed by atoms with van der Waals surface area (Å²) in [5, 5.41) is 15.1. The molecule has 0 heterocycles. The molecule has 0 atom stereocenters. The van der Waals surface area contributed by atoms with Gasteiger partial charge in [0.25, 0.3) is 0 Å². The molecule has 0 aliphatic carbocycles. The van der Waals surface area contributed by atoms with Crippen molar-refractivity contribution in [2.75, 3.05) is 19.8 Å². The van der Waals surface area contributed by atoms with Crippen LogP contribution in [-0.2, 0) is 21.7 Å². The Hall–Kier alpha value is 0.594. The van der Waals surface area contributed by atoms with Gasteiger partial charge in [0.2, 0.25) is 0 Å². The molecule has 0 aromatic heterocycles. The number of rotatable bonds is 10. The predicted molar refractivity (Wildman–Crippen MR) is 86.1 cm³/mol. The van der Waals surface area contributed by atoms with E-state index in [1.54, 1.807) is 13.8 Å². The van der Waals surface area contributed by atoms with Crippen molar-refractivity contribution in [1.82, 2.24) is 0 Å². The van der Waals surface area contributed by atoms with Crippen molar-refractivity contribution in [2.24, 2.45) is 5.73 Å². The van der Waals surface area contributed by atoms with Gasteiger partial charge in [0.15, 0.2) is 0 Å². The van der Waals surface area contributed by atoms with E-state index >= 15 is 0 Å². The molecular weight excluding hydrogens is 286 g/mol. The van der Waals surface area contributed by atoms with Gasteiger partial charge in [0.05, 0.1) is 0 Å². The molecule has 0 rings (SSSR count). The zero-order valence-electron chi connectivity index (χ0n) is 13.9. The fraction of sp³-hybridized carbons (Fsp3) is 0.938. The minimum Gasteiger partial charge on any atom is -0.397 e. The third-order valence-corrected chi connectivity index (χ3v) is 2.45. The molecule has 20 heavy (non-hydrogen) atoms. The van der Waals surface area contributed by atoms with Gasteiger partial charge in [0.1, 0.15) is 0 Å². The van der Waals surface area contributed by atoms with Gasteiger partial charge in [-0.2, -0.15) is 6.42 Å². The second-order valence-electron chi connectivity index (χ2n) is 4.46. The standard InChI is InChI=1S/C12H26N.2C2H6O.Ti/c1-2-3-4-5-6-7-8-9-10-11-12-13;2*1-2-3;/h1-13H2;2*3H,2H2,1H3;/q-1;;;. The molecule has 0 saturated carbocycles. The van der Waals surface area contributed by atoms with Crippen LogP contribution in [0, 0.1) is 6.92 Å². The van der Waals surface area contributed by atoms with Gasteiger partial charge < -0.3 is 22.9 Å². The number of aliphatic hydroxyl groups excluding tert-OH is 2. The summed E-state index contributed by atoms with van der Waals surface area (Å²) in [6.07, 6.45) is 13.4. The van der Waals surface area contributed by atoms with Crippen LogP contribution in [0.4, 0.5) is 0 Å². The number of nitrogens with two attached hydrogens (primary N) is 1. The van der Waals surface area contributed by atoms with Gasteiger partial charge in [-0.3, -0.25) is 0 Å². The van der Waals surface area contributed by atoms with Gasteiger partial charge in [-0.25, -0.2) is 0 Å². The Bertz CT molecular complexity index is 105. The Morgan fingerprint density at radius 1 is 0.700 bits per heavy atom. The van der Waals surface area contributed by atoms with Crippen molar-refractivity contribution in [3.8, 4) is 0 Å². The summed E-state index contributed by atoms with van der Waals surface area (Å²) in [5.74, 6) is 0. The number of hydrogen-bond acceptors (Lipinski definition) is 3. The Labute approximate surface area is 142 Å². The summed E-state index contributed by atoms with van der Waals surface area (Å²) < 4.78 is 0. The number of unbranched alkanes of at least 4 members (excludes halogenated alkanes) is 9. The van der Waals surface area contributed by atoms with Crippen LogP contribution in [0.25, 0.3) is 0 Å². The monoisotopic (exact) mass is 324 g/mol. The molecule has 0 amide bonds. The topological polar surface area (TPSA) is 66.5 Å². The first-order chi connectivity index (χ1) is 9.24. The van der Waals surface area contributed by atoms with Gasteiger partial charge in [-0.05, 0) is 26.8 Å². The van der Waals surface area contributed by atoms with Crippen LogP contribution in [0.5, 0.6) is 0 Å². The first-order valence-corrected chi connectivity index (χ1v) is 7.95. The summed E-state index contributed by atoms with van der Waals surface area (Å²) in [4.78, 5) is 0. The van der Waals surface area contributed by atoms with Crippen LogP contribution in [0.15, 0.2) is 0 Å². The Kier molecular flexibility index (Phi) is 52.6. The van der Waals surface area contributed by atoms with E-state index in [0.29, 0.717) is 0 Å². The summed E-state index contributed by atoms with van der Waals surface area (Å²) in [5.41, 5.74) is 5.42. The van der Waals surface area contributed by atoms with E-state index in [-0.39, 0.29) is 34.9 Å². The van der Waals surface area contributed by atoms with Gasteiger partial charge >= 0.3 is 0 Å². The second-order valence-corrected chi connectivity index (χ2v) is 4.46. The first kappa shape index (κ1) is 28.7. The molecule has 0 spiro atoms. The van der Waals surface area contributed by atoms with Crippen LogP contribution in [0.3, 0.4) is 0 Å². The van der Waals surface area contributed by atoms with Crippen molar-refractivity contribution < 1.29 is 31.9 Å². The molecule has 0 aromatic carbocycles. The first-order valence-electron chi connectivity index (χ1n) is 7.95. The SMILES string of the molecule is CCO.CCO.[CH2-]CCCCCCCCCCCN.[Ti]. The van der Waals surface area contributed by atoms with Crippen molar-refractivity contribution in [2.45, 2.75) is 78.1 Å². The summed E-state index contributed by atoms with van der Waals surface area (Å²) >= 11 is 0. The predicted octanol–water partition coefficient (Wildman–Crippen LogP) is 3.67. The van der Waals surface area contributed by atoms with E-state index in [1.807, 2.05) is 0 Å². The largest absolute Gasteiger partial charge is 0.397 e. The molecule has 0 bridgehead atoms. The molecular formula is C16H38NO2Ti-. The zero-order valence-corrected chi connectivity index (χ0v) is 15.4. The van der Waals surface area contributed by atoms with E-state index in [4.69, 9.17) is 15.9 Å². The molecule has 0 fully saturated rings. The third kappa shape index (κ3) is 51.3. The summed E-state index contributed by atoms with van der Waals surface area (Å²) in [6, 6.07) is 0. The Morgan fingerprint density at radius 2 is 0.950 bits per heavy atom. The molecule has 0 aliphatic rings. The molecule has 4 N–H and O–H groups in total. The van der Waals surface area contributed by atoms with Crippen LogP contribution in [-0.4, -0.2) is 30.0 Å². The van der Waals surface area contributed by atoms with E-state index in [2.05, 4.69) is 6.92 Å². The average molecular weight is 324 g/mol. The quantitative estimate of drug-likeness (QED) is 0.326. The molecule has 0 radical (unpaired) electrons. The van der Waals surface area contributed by atoms with Crippen molar-refractivity contribution >= 4 is 0 Å². The fourth-order valence-corrected chi connectivity index (χ4v) is 1.56. The van der Waals surface area contributed by atoms with Crippen molar-refractivity contribution in [1.29, 1.82) is 0 Å². The smallest absolute Gasteiger partial charge is 0.0402 e. The van der Waals surface area contributed by atoms with Gasteiger partial charge in [-0.1, -0.05) is 51.4 Å². The van der Waals surface area contributed by atoms with Gasteiger partial charge in [0, 0.05) is 34.9 Å². The molecule has 124 valence electrons. The normalized spacial score (nSPS) is 8.70. The molecule has 4 heteroatoms. The van der Waals surface area contributed by atoms with E-state index in [1.165, 1.54) is 57.8 Å². The van der Waals surface area contributed by atoms with E-state index in [9.17, 15) is 0 Å². The maximum absolute atomic E-state index is 7.57. The maximum Gasteiger partial charge on any atom is 0.0402 e. The minimum atomic E-state index is 0. The van der Waals surface area contributed by atoms with Crippen molar-refractivity contribution in [3.63, 3.8) is 0 Å². The molecule has 0 unspecified atom stereocenters. The van der Waals surface area contributed by atoms with Crippen LogP contribution in [0.2, 0.25) is 0 Å². The van der Waals surface area contributed by atoms with E-state index < -0.39 is 0 Å². The summed E-state index contributed by atoms with van der Waals surface area (Å²) in [6.45, 7) is 8.57. The molecule has 3 nitrogen and oxygen atoms in total. The van der Waals surface area contributed by atoms with Crippen LogP contribution >= 0.6 is 0 Å². The Morgan fingerprint density at radius 3 is 1.20 bits per heavy atom. The Balaban J connectivity index is -0.000000156. The zero-order chi connectivity index (χ0) is 15.2. The van der Waals surface area contributed by atoms with E-state index in [0.717, 1.165) is 13.0 Å². The second kappa shape index (κ2) is 36.7.